The Balaban J connectivity index is 2.04. The van der Waals surface area contributed by atoms with Gasteiger partial charge in [-0.15, -0.1) is 11.8 Å². The minimum Gasteiger partial charge on any atom is -0.376 e. The third-order valence-corrected chi connectivity index (χ3v) is 6.14. The summed E-state index contributed by atoms with van der Waals surface area (Å²) < 4.78 is 0. The zero-order valence-electron chi connectivity index (χ0n) is 15.2. The van der Waals surface area contributed by atoms with Crippen molar-refractivity contribution in [2.24, 2.45) is 0 Å². The van der Waals surface area contributed by atoms with Crippen molar-refractivity contribution in [1.82, 2.24) is 0 Å². The van der Waals surface area contributed by atoms with Gasteiger partial charge in [0.25, 0.3) is 0 Å². The lowest BCUT2D eigenvalue weighted by molar-refractivity contribution is -0.872. The highest BCUT2D eigenvalue weighted by Crippen LogP contribution is 2.47. The molecule has 1 aliphatic heterocycles. The van der Waals surface area contributed by atoms with Crippen molar-refractivity contribution in [3.05, 3.63) is 101 Å². The van der Waals surface area contributed by atoms with Crippen LogP contribution in [-0.2, 0) is 17.9 Å². The molecular weight excluding hydrogens is 338 g/mol. The number of aliphatic hydroxyl groups is 1. The average Bonchev–Trinajstić information content (AvgIpc) is 2.78. The topological polar surface area (TPSA) is 24.7 Å². The maximum Gasteiger partial charge on any atom is 0.142 e. The Morgan fingerprint density at radius 1 is 0.846 bits per heavy atom. The van der Waals surface area contributed by atoms with Gasteiger partial charge < -0.3 is 10.0 Å². The molecule has 0 bridgehead atoms. The van der Waals surface area contributed by atoms with Crippen LogP contribution in [0.25, 0.3) is 0 Å². The Morgan fingerprint density at radius 3 is 2.23 bits per heavy atom. The molecule has 2 N–H and O–H groups in total. The lowest BCUT2D eigenvalue weighted by Crippen LogP contribution is -3.04. The predicted molar refractivity (Wildman–Crippen MR) is 108 cm³/mol. The quantitative estimate of drug-likeness (QED) is 0.748. The van der Waals surface area contributed by atoms with E-state index in [-0.39, 0.29) is 0 Å². The van der Waals surface area contributed by atoms with Crippen LogP contribution in [0, 0.1) is 0 Å². The molecule has 0 aromatic heterocycles. The Kier molecular flexibility index (Phi) is 4.62. The molecule has 132 valence electrons. The zero-order chi connectivity index (χ0) is 18.1. The van der Waals surface area contributed by atoms with E-state index in [1.165, 1.54) is 16.0 Å². The zero-order valence-corrected chi connectivity index (χ0v) is 16.0. The molecule has 0 amide bonds. The molecule has 3 aromatic rings. The monoisotopic (exact) mass is 362 g/mol. The summed E-state index contributed by atoms with van der Waals surface area (Å²) >= 11 is 1.80. The number of benzene rings is 3. The minimum absolute atomic E-state index is 0.871. The molecule has 0 aliphatic carbocycles. The van der Waals surface area contributed by atoms with Gasteiger partial charge >= 0.3 is 0 Å². The van der Waals surface area contributed by atoms with Gasteiger partial charge in [0.2, 0.25) is 0 Å². The van der Waals surface area contributed by atoms with E-state index < -0.39 is 5.60 Å². The first-order chi connectivity index (χ1) is 12.6. The number of nitrogens with one attached hydrogen (secondary N) is 1. The molecule has 3 heteroatoms. The number of quaternary nitrogens is 1. The second-order valence-corrected chi connectivity index (χ2v) is 8.21. The molecule has 4 rings (SSSR count). The summed E-state index contributed by atoms with van der Waals surface area (Å²) in [5.41, 5.74) is 4.22. The van der Waals surface area contributed by atoms with Crippen LogP contribution in [0.5, 0.6) is 0 Å². The average molecular weight is 363 g/mol. The fourth-order valence-electron chi connectivity index (χ4n) is 3.89. The van der Waals surface area contributed by atoms with Crippen LogP contribution in [0.15, 0.2) is 77.7 Å². The van der Waals surface area contributed by atoms with Gasteiger partial charge in [0.15, 0.2) is 0 Å². The van der Waals surface area contributed by atoms with Crippen molar-refractivity contribution < 1.29 is 10.0 Å². The van der Waals surface area contributed by atoms with Gasteiger partial charge in [-0.3, -0.25) is 0 Å². The number of thioether (sulfide) groups is 1. The fourth-order valence-corrected chi connectivity index (χ4v) is 5.00. The first-order valence-electron chi connectivity index (χ1n) is 9.01. The largest absolute Gasteiger partial charge is 0.376 e. The van der Waals surface area contributed by atoms with Crippen molar-refractivity contribution in [3.8, 4) is 0 Å². The first kappa shape index (κ1) is 17.3. The van der Waals surface area contributed by atoms with Crippen LogP contribution in [0.4, 0.5) is 0 Å². The number of hydrogen-bond donors (Lipinski definition) is 2. The van der Waals surface area contributed by atoms with Crippen LogP contribution >= 0.6 is 11.8 Å². The van der Waals surface area contributed by atoms with Crippen LogP contribution in [0.1, 0.15) is 27.8 Å². The summed E-state index contributed by atoms with van der Waals surface area (Å²) in [5, 5.41) is 12.3. The third-order valence-electron chi connectivity index (χ3n) is 5.02. The van der Waals surface area contributed by atoms with Crippen LogP contribution in [-0.4, -0.2) is 19.2 Å². The first-order valence-corrected chi connectivity index (χ1v) is 9.99. The van der Waals surface area contributed by atoms with Crippen molar-refractivity contribution >= 4 is 11.8 Å². The molecule has 1 heterocycles. The van der Waals surface area contributed by atoms with Gasteiger partial charge in [-0.05, 0) is 17.2 Å². The Hall–Kier alpha value is -2.07. The van der Waals surface area contributed by atoms with E-state index in [0.717, 1.165) is 33.9 Å². The summed E-state index contributed by atoms with van der Waals surface area (Å²) in [6.45, 7) is 0.871. The molecule has 0 radical (unpaired) electrons. The maximum atomic E-state index is 12.3. The van der Waals surface area contributed by atoms with E-state index in [0.29, 0.717) is 0 Å². The number of hydrogen-bond acceptors (Lipinski definition) is 2. The molecule has 0 spiro atoms. The minimum atomic E-state index is -1.14. The van der Waals surface area contributed by atoms with E-state index >= 15 is 0 Å². The fraction of sp³-hybridized carbons (Fsp3) is 0.217. The number of rotatable bonds is 3. The molecule has 26 heavy (non-hydrogen) atoms. The molecule has 0 saturated heterocycles. The second kappa shape index (κ2) is 6.92. The van der Waals surface area contributed by atoms with E-state index in [1.807, 2.05) is 18.2 Å². The summed E-state index contributed by atoms with van der Waals surface area (Å²) in [6.07, 6.45) is 0. The molecular formula is C23H24NOS+. The van der Waals surface area contributed by atoms with Crippen molar-refractivity contribution in [1.29, 1.82) is 0 Å². The highest BCUT2D eigenvalue weighted by Gasteiger charge is 2.40. The lowest BCUT2D eigenvalue weighted by atomic mass is 9.77. The van der Waals surface area contributed by atoms with E-state index in [1.54, 1.807) is 11.8 Å². The van der Waals surface area contributed by atoms with Crippen molar-refractivity contribution in [3.63, 3.8) is 0 Å². The Labute approximate surface area is 159 Å². The second-order valence-electron chi connectivity index (χ2n) is 7.19. The molecule has 2 nitrogen and oxygen atoms in total. The number of fused-ring (bicyclic) bond motifs is 2. The molecule has 1 aliphatic rings. The smallest absolute Gasteiger partial charge is 0.142 e. The Morgan fingerprint density at radius 2 is 1.46 bits per heavy atom. The molecule has 1 atom stereocenters. The van der Waals surface area contributed by atoms with Gasteiger partial charge in [-0.25, -0.2) is 0 Å². The van der Waals surface area contributed by atoms with Crippen LogP contribution < -0.4 is 4.90 Å². The van der Waals surface area contributed by atoms with Gasteiger partial charge in [0.05, 0.1) is 14.1 Å². The summed E-state index contributed by atoms with van der Waals surface area (Å²) in [7, 11) is 4.29. The van der Waals surface area contributed by atoms with Crippen LogP contribution in [0.2, 0.25) is 0 Å². The molecule has 0 unspecified atom stereocenters. The summed E-state index contributed by atoms with van der Waals surface area (Å²) in [6, 6.07) is 24.9. The van der Waals surface area contributed by atoms with Gasteiger partial charge in [-0.2, -0.15) is 0 Å². The van der Waals surface area contributed by atoms with Crippen LogP contribution in [0.3, 0.4) is 0 Å². The van der Waals surface area contributed by atoms with E-state index in [2.05, 4.69) is 68.7 Å². The van der Waals surface area contributed by atoms with Gasteiger partial charge in [0, 0.05) is 27.3 Å². The highest BCUT2D eigenvalue weighted by molar-refractivity contribution is 7.98. The maximum absolute atomic E-state index is 12.3. The van der Waals surface area contributed by atoms with Crippen molar-refractivity contribution in [2.75, 3.05) is 14.1 Å². The SMILES string of the molecule is C[NH+](C)Cc1ccccc1[C@@]1(O)c2ccccc2CSc2ccccc21. The standard InChI is InChI=1S/C23H23NOS/c1-24(2)15-17-9-3-5-11-19(17)23(25)20-12-6-4-10-18(20)16-26-22-14-8-7-13-21(22)23/h3-14,25H,15-16H2,1-2H3/p+1/t23-/m1/s1. The van der Waals surface area contributed by atoms with Gasteiger partial charge in [0.1, 0.15) is 12.1 Å². The third kappa shape index (κ3) is 2.86. The van der Waals surface area contributed by atoms with E-state index in [4.69, 9.17) is 0 Å². The normalized spacial score (nSPS) is 18.9. The molecule has 3 aromatic carbocycles. The van der Waals surface area contributed by atoms with E-state index in [9.17, 15) is 5.11 Å². The molecule has 0 saturated carbocycles. The highest BCUT2D eigenvalue weighted by atomic mass is 32.2. The lowest BCUT2D eigenvalue weighted by Gasteiger charge is -2.33. The summed E-state index contributed by atoms with van der Waals surface area (Å²) in [5.74, 6) is 0.872. The van der Waals surface area contributed by atoms with Crippen molar-refractivity contribution in [2.45, 2.75) is 22.8 Å². The van der Waals surface area contributed by atoms with Gasteiger partial charge in [-0.1, -0.05) is 66.7 Å². The molecule has 0 fully saturated rings. The predicted octanol–water partition coefficient (Wildman–Crippen LogP) is 3.22. The summed E-state index contributed by atoms with van der Waals surface area (Å²) in [4.78, 5) is 2.49. The Bertz CT molecular complexity index is 887.